The Morgan fingerprint density at radius 2 is 2.07 bits per heavy atom. The van der Waals surface area contributed by atoms with E-state index in [9.17, 15) is 0 Å². The van der Waals surface area contributed by atoms with Gasteiger partial charge in [0.15, 0.2) is 0 Å². The molecule has 3 heteroatoms. The number of halogens is 1. The molecule has 1 heterocycles. The van der Waals surface area contributed by atoms with E-state index in [1.165, 1.54) is 14.3 Å². The number of aromatic nitrogens is 1. The molecular weight excluding hydrogens is 289 g/mol. The standard InChI is InChI=1S/C11H10INO/c1-7-8-4-3-5-10(12)9(8)6-11(13-7)14-2/h3-6H,1-2H3. The summed E-state index contributed by atoms with van der Waals surface area (Å²) in [5.74, 6) is 0.680. The Labute approximate surface area is 96.4 Å². The van der Waals surface area contributed by atoms with Gasteiger partial charge in [-0.3, -0.25) is 0 Å². The highest BCUT2D eigenvalue weighted by atomic mass is 127. The van der Waals surface area contributed by atoms with Crippen molar-refractivity contribution in [1.82, 2.24) is 4.98 Å². The smallest absolute Gasteiger partial charge is 0.213 e. The first kappa shape index (κ1) is 9.71. The average molecular weight is 299 g/mol. The van der Waals surface area contributed by atoms with Crippen LogP contribution in [0.3, 0.4) is 0 Å². The molecule has 1 aromatic carbocycles. The van der Waals surface area contributed by atoms with Crippen LogP contribution in [-0.2, 0) is 0 Å². The van der Waals surface area contributed by atoms with Crippen molar-refractivity contribution in [2.24, 2.45) is 0 Å². The number of aryl methyl sites for hydroxylation is 1. The quantitative estimate of drug-likeness (QED) is 0.755. The highest BCUT2D eigenvalue weighted by molar-refractivity contribution is 14.1. The van der Waals surface area contributed by atoms with E-state index in [-0.39, 0.29) is 0 Å². The maximum atomic E-state index is 5.14. The molecule has 2 aromatic rings. The Morgan fingerprint density at radius 3 is 2.79 bits per heavy atom. The highest BCUT2D eigenvalue weighted by Gasteiger charge is 2.04. The minimum atomic E-state index is 0.680. The van der Waals surface area contributed by atoms with Crippen LogP contribution in [-0.4, -0.2) is 12.1 Å². The van der Waals surface area contributed by atoms with Crippen LogP contribution in [0.4, 0.5) is 0 Å². The highest BCUT2D eigenvalue weighted by Crippen LogP contribution is 2.25. The van der Waals surface area contributed by atoms with Crippen LogP contribution in [0, 0.1) is 10.5 Å². The van der Waals surface area contributed by atoms with E-state index in [0.717, 1.165) is 5.69 Å². The van der Waals surface area contributed by atoms with E-state index in [4.69, 9.17) is 4.74 Å². The molecule has 1 aromatic heterocycles. The third-order valence-electron chi connectivity index (χ3n) is 2.20. The lowest BCUT2D eigenvalue weighted by Crippen LogP contribution is -1.92. The topological polar surface area (TPSA) is 22.1 Å². The summed E-state index contributed by atoms with van der Waals surface area (Å²) in [7, 11) is 1.64. The first-order chi connectivity index (χ1) is 6.72. The number of hydrogen-bond donors (Lipinski definition) is 0. The van der Waals surface area contributed by atoms with Gasteiger partial charge in [0, 0.05) is 26.1 Å². The first-order valence-electron chi connectivity index (χ1n) is 4.32. The third kappa shape index (κ3) is 1.56. The summed E-state index contributed by atoms with van der Waals surface area (Å²) in [6.45, 7) is 2.00. The van der Waals surface area contributed by atoms with Gasteiger partial charge in [0.1, 0.15) is 0 Å². The molecule has 0 atom stereocenters. The van der Waals surface area contributed by atoms with E-state index >= 15 is 0 Å². The normalized spacial score (nSPS) is 10.5. The molecule has 0 aliphatic rings. The van der Waals surface area contributed by atoms with Crippen LogP contribution in [0.1, 0.15) is 5.69 Å². The maximum Gasteiger partial charge on any atom is 0.213 e. The number of pyridine rings is 1. The van der Waals surface area contributed by atoms with Gasteiger partial charge >= 0.3 is 0 Å². The van der Waals surface area contributed by atoms with Gasteiger partial charge in [-0.1, -0.05) is 12.1 Å². The van der Waals surface area contributed by atoms with Gasteiger partial charge in [-0.25, -0.2) is 4.98 Å². The number of methoxy groups -OCH3 is 1. The second kappa shape index (κ2) is 3.73. The molecule has 0 fully saturated rings. The fourth-order valence-corrected chi connectivity index (χ4v) is 2.14. The molecule has 0 aliphatic carbocycles. The molecule has 0 N–H and O–H groups in total. The van der Waals surface area contributed by atoms with Crippen molar-refractivity contribution in [2.45, 2.75) is 6.92 Å². The van der Waals surface area contributed by atoms with Gasteiger partial charge in [0.25, 0.3) is 0 Å². The lowest BCUT2D eigenvalue weighted by Gasteiger charge is -2.06. The summed E-state index contributed by atoms with van der Waals surface area (Å²) >= 11 is 2.32. The summed E-state index contributed by atoms with van der Waals surface area (Å²) in [6, 6.07) is 8.19. The molecule has 0 radical (unpaired) electrons. The van der Waals surface area contributed by atoms with E-state index in [1.54, 1.807) is 7.11 Å². The van der Waals surface area contributed by atoms with Crippen LogP contribution in [0.15, 0.2) is 24.3 Å². The lowest BCUT2D eigenvalue weighted by molar-refractivity contribution is 0.398. The van der Waals surface area contributed by atoms with Crippen LogP contribution in [0.25, 0.3) is 10.8 Å². The SMILES string of the molecule is COc1cc2c(I)cccc2c(C)n1. The Morgan fingerprint density at radius 1 is 1.29 bits per heavy atom. The molecule has 72 valence electrons. The van der Waals surface area contributed by atoms with Gasteiger partial charge < -0.3 is 4.74 Å². The second-order valence-corrected chi connectivity index (χ2v) is 4.25. The van der Waals surface area contributed by atoms with Crippen LogP contribution in [0.5, 0.6) is 5.88 Å². The van der Waals surface area contributed by atoms with Crippen molar-refractivity contribution in [1.29, 1.82) is 0 Å². The average Bonchev–Trinajstić information content (AvgIpc) is 2.19. The van der Waals surface area contributed by atoms with E-state index in [0.29, 0.717) is 5.88 Å². The number of benzene rings is 1. The predicted octanol–water partition coefficient (Wildman–Crippen LogP) is 3.16. The van der Waals surface area contributed by atoms with Crippen molar-refractivity contribution in [3.63, 3.8) is 0 Å². The predicted molar refractivity (Wildman–Crippen MR) is 65.7 cm³/mol. The summed E-state index contributed by atoms with van der Waals surface area (Å²) in [5, 5.41) is 2.40. The van der Waals surface area contributed by atoms with E-state index in [1.807, 2.05) is 19.1 Å². The first-order valence-corrected chi connectivity index (χ1v) is 5.40. The Hall–Kier alpha value is -0.840. The molecule has 14 heavy (non-hydrogen) atoms. The lowest BCUT2D eigenvalue weighted by atomic mass is 10.1. The number of ether oxygens (including phenoxy) is 1. The zero-order chi connectivity index (χ0) is 10.1. The molecule has 2 nitrogen and oxygen atoms in total. The Kier molecular flexibility index (Phi) is 2.58. The minimum absolute atomic E-state index is 0.680. The van der Waals surface area contributed by atoms with Gasteiger partial charge in [0.05, 0.1) is 7.11 Å². The van der Waals surface area contributed by atoms with Gasteiger partial charge in [0.2, 0.25) is 5.88 Å². The number of hydrogen-bond acceptors (Lipinski definition) is 2. The molecule has 2 rings (SSSR count). The summed E-state index contributed by atoms with van der Waals surface area (Å²) in [4.78, 5) is 4.34. The Bertz CT molecular complexity index is 482. The number of rotatable bonds is 1. The zero-order valence-electron chi connectivity index (χ0n) is 8.04. The fourth-order valence-electron chi connectivity index (χ4n) is 1.49. The third-order valence-corrected chi connectivity index (χ3v) is 3.14. The van der Waals surface area contributed by atoms with Crippen LogP contribution < -0.4 is 4.74 Å². The van der Waals surface area contributed by atoms with Crippen LogP contribution in [0.2, 0.25) is 0 Å². The molecule has 0 amide bonds. The van der Waals surface area contributed by atoms with Crippen molar-refractivity contribution < 1.29 is 4.74 Å². The number of nitrogens with zero attached hydrogens (tertiary/aromatic N) is 1. The van der Waals surface area contributed by atoms with E-state index in [2.05, 4.69) is 39.7 Å². The van der Waals surface area contributed by atoms with Crippen molar-refractivity contribution in [2.75, 3.05) is 7.11 Å². The fraction of sp³-hybridized carbons (Fsp3) is 0.182. The molecule has 0 unspecified atom stereocenters. The van der Waals surface area contributed by atoms with Crippen molar-refractivity contribution in [3.05, 3.63) is 33.5 Å². The molecule has 0 saturated heterocycles. The van der Waals surface area contributed by atoms with Crippen molar-refractivity contribution in [3.8, 4) is 5.88 Å². The maximum absolute atomic E-state index is 5.14. The summed E-state index contributed by atoms with van der Waals surface area (Å²) in [5.41, 5.74) is 1.01. The zero-order valence-corrected chi connectivity index (χ0v) is 10.2. The Balaban J connectivity index is 2.83. The van der Waals surface area contributed by atoms with Gasteiger partial charge in [-0.15, -0.1) is 0 Å². The van der Waals surface area contributed by atoms with E-state index < -0.39 is 0 Å². The molecule has 0 aliphatic heterocycles. The second-order valence-electron chi connectivity index (χ2n) is 3.08. The van der Waals surface area contributed by atoms with Crippen LogP contribution >= 0.6 is 22.6 Å². The summed E-state index contributed by atoms with van der Waals surface area (Å²) in [6.07, 6.45) is 0. The molecule has 0 bridgehead atoms. The van der Waals surface area contributed by atoms with Gasteiger partial charge in [-0.05, 0) is 35.6 Å². The van der Waals surface area contributed by atoms with Gasteiger partial charge in [-0.2, -0.15) is 0 Å². The summed E-state index contributed by atoms with van der Waals surface area (Å²) < 4.78 is 6.37. The van der Waals surface area contributed by atoms with Crippen molar-refractivity contribution >= 4 is 33.4 Å². The number of fused-ring (bicyclic) bond motifs is 1. The molecule has 0 saturated carbocycles. The largest absolute Gasteiger partial charge is 0.481 e. The molecular formula is C11H10INO. The minimum Gasteiger partial charge on any atom is -0.481 e. The molecule has 0 spiro atoms. The monoisotopic (exact) mass is 299 g/mol.